The van der Waals surface area contributed by atoms with Crippen molar-refractivity contribution < 1.29 is 9.90 Å². The highest BCUT2D eigenvalue weighted by molar-refractivity contribution is 5.76. The fourth-order valence-electron chi connectivity index (χ4n) is 1.14. The van der Waals surface area contributed by atoms with Crippen molar-refractivity contribution in [3.05, 3.63) is 11.9 Å². The van der Waals surface area contributed by atoms with Crippen LogP contribution in [0.1, 0.15) is 12.8 Å². The van der Waals surface area contributed by atoms with E-state index in [0.717, 1.165) is 25.8 Å². The molecule has 1 fully saturated rings. The summed E-state index contributed by atoms with van der Waals surface area (Å²) in [5.41, 5.74) is 10.8. The number of aliphatic hydroxyl groups is 1. The molecule has 6 heteroatoms. The van der Waals surface area contributed by atoms with Crippen LogP contribution < -0.4 is 11.5 Å². The third-order valence-electron chi connectivity index (χ3n) is 2.09. The van der Waals surface area contributed by atoms with Gasteiger partial charge >= 0.3 is 0 Å². The van der Waals surface area contributed by atoms with Gasteiger partial charge < -0.3 is 26.3 Å². The maximum absolute atomic E-state index is 9.85. The topological polar surface area (TPSA) is 105 Å². The first-order valence-corrected chi connectivity index (χ1v) is 5.57. The number of allylic oxidation sites excluding steroid dienone is 1. The Balaban J connectivity index is 0.000000354. The lowest BCUT2D eigenvalue weighted by atomic mass is 10.2. The fourth-order valence-corrected chi connectivity index (χ4v) is 1.14. The molecule has 0 saturated carbocycles. The summed E-state index contributed by atoms with van der Waals surface area (Å²) in [5.74, 6) is 0. The van der Waals surface area contributed by atoms with Gasteiger partial charge in [-0.2, -0.15) is 0 Å². The zero-order valence-electron chi connectivity index (χ0n) is 10.2. The summed E-state index contributed by atoms with van der Waals surface area (Å²) in [5, 5.41) is 8.58. The number of aldehydes is 1. The number of hydrogen-bond donors (Lipinski definition) is 3. The predicted octanol–water partition coefficient (Wildman–Crippen LogP) is -0.912. The summed E-state index contributed by atoms with van der Waals surface area (Å²) < 4.78 is 0. The van der Waals surface area contributed by atoms with E-state index in [1.54, 1.807) is 0 Å². The molecule has 0 bridgehead atoms. The molecule has 0 radical (unpaired) electrons. The molecule has 0 atom stereocenters. The van der Waals surface area contributed by atoms with Crippen molar-refractivity contribution in [2.45, 2.75) is 18.9 Å². The Kier molecular flexibility index (Phi) is 8.99. The number of β-amino-alcohol motifs (C(OH)–C–C–N with tert-alkyl or cyclic N) is 1. The quantitative estimate of drug-likeness (QED) is 0.329. The maximum Gasteiger partial charge on any atom is 0.120 e. The van der Waals surface area contributed by atoms with Crippen molar-refractivity contribution >= 4 is 12.5 Å². The summed E-state index contributed by atoms with van der Waals surface area (Å²) >= 11 is 0. The minimum absolute atomic E-state index is 0.0324. The number of rotatable bonds is 5. The second kappa shape index (κ2) is 9.80. The van der Waals surface area contributed by atoms with E-state index < -0.39 is 0 Å². The Labute approximate surface area is 102 Å². The number of nitrogens with two attached hydrogens (primary N) is 2. The number of unbranched alkanes of at least 4 members (excludes halogenated alkanes) is 1. The number of aliphatic hydroxyl groups excluding tert-OH is 1. The normalized spacial score (nSPS) is 17.4. The molecule has 0 spiro atoms. The van der Waals surface area contributed by atoms with Gasteiger partial charge in [-0.25, -0.2) is 0 Å². The van der Waals surface area contributed by atoms with E-state index in [0.29, 0.717) is 18.7 Å². The van der Waals surface area contributed by atoms with Crippen molar-refractivity contribution in [3.63, 3.8) is 0 Å². The summed E-state index contributed by atoms with van der Waals surface area (Å²) in [6.07, 6.45) is 4.92. The Morgan fingerprint density at radius 1 is 1.59 bits per heavy atom. The molecule has 1 rings (SSSR count). The number of carbonyl (C=O) groups is 1. The highest BCUT2D eigenvalue weighted by Gasteiger charge is 2.18. The average molecular weight is 242 g/mol. The largest absolute Gasteiger partial charge is 0.403 e. The maximum atomic E-state index is 9.85. The first-order chi connectivity index (χ1) is 8.10. The lowest BCUT2D eigenvalue weighted by Crippen LogP contribution is -2.47. The van der Waals surface area contributed by atoms with Crippen LogP contribution in [0.15, 0.2) is 16.9 Å². The molecule has 5 N–H and O–H groups in total. The van der Waals surface area contributed by atoms with Crippen molar-refractivity contribution in [3.8, 4) is 0 Å². The lowest BCUT2D eigenvalue weighted by molar-refractivity contribution is -0.107. The summed E-state index contributed by atoms with van der Waals surface area (Å²) in [6, 6.07) is 0. The highest BCUT2D eigenvalue weighted by atomic mass is 16.3. The molecule has 0 aliphatic carbocycles. The fraction of sp³-hybridized carbons (Fsp3) is 0.636. The number of hydrogen-bond acceptors (Lipinski definition) is 6. The first-order valence-electron chi connectivity index (χ1n) is 5.57. The number of likely N-dealkylation sites (N-methyl/N-ethyl adjacent to an activating group) is 1. The molecular formula is C11H22N4O2. The molecule has 0 unspecified atom stereocenters. The van der Waals surface area contributed by atoms with Crippen molar-refractivity contribution in [1.29, 1.82) is 0 Å². The van der Waals surface area contributed by atoms with Gasteiger partial charge in [-0.1, -0.05) is 0 Å². The molecule has 1 saturated heterocycles. The summed E-state index contributed by atoms with van der Waals surface area (Å²) in [4.78, 5) is 15.8. The molecule has 0 amide bonds. The molecule has 0 aromatic heterocycles. The van der Waals surface area contributed by atoms with Crippen LogP contribution >= 0.6 is 0 Å². The van der Waals surface area contributed by atoms with Crippen LogP contribution in [0.2, 0.25) is 0 Å². The van der Waals surface area contributed by atoms with E-state index >= 15 is 0 Å². The average Bonchev–Trinajstić information content (AvgIpc) is 2.28. The summed E-state index contributed by atoms with van der Waals surface area (Å²) in [6.45, 7) is 2.34. The Hall–Kier alpha value is -1.40. The smallest absolute Gasteiger partial charge is 0.120 e. The molecule has 6 nitrogen and oxygen atoms in total. The van der Waals surface area contributed by atoms with Crippen molar-refractivity contribution in [1.82, 2.24) is 4.90 Å². The lowest BCUT2D eigenvalue weighted by Gasteiger charge is -2.31. The zero-order valence-corrected chi connectivity index (χ0v) is 10.2. The van der Waals surface area contributed by atoms with Gasteiger partial charge in [0.1, 0.15) is 6.29 Å². The molecule has 17 heavy (non-hydrogen) atoms. The van der Waals surface area contributed by atoms with Crippen LogP contribution in [0.5, 0.6) is 0 Å². The van der Waals surface area contributed by atoms with Gasteiger partial charge in [0, 0.05) is 38.5 Å². The number of nitrogens with zero attached hydrogens (tertiary/aromatic N) is 2. The molecule has 98 valence electrons. The third-order valence-corrected chi connectivity index (χ3v) is 2.09. The third kappa shape index (κ3) is 9.52. The predicted molar refractivity (Wildman–Crippen MR) is 68.6 cm³/mol. The van der Waals surface area contributed by atoms with E-state index in [4.69, 9.17) is 16.6 Å². The standard InChI is InChI=1S/C7H13N3O.C4H9NO/c8-5-7(9)6-10-3-1-2-4-11;1-5-2-4(6)3-5/h4-6H,1-3,8-9H2;4,6H,2-3H2,1H3/b7-5+,10-6?;. The van der Waals surface area contributed by atoms with E-state index in [1.165, 1.54) is 12.4 Å². The van der Waals surface area contributed by atoms with Crippen LogP contribution in [0, 0.1) is 0 Å². The SMILES string of the molecule is CN1CC(O)C1.N/C=C(/N)C=NCCCC=O. The Bertz CT molecular complexity index is 254. The Morgan fingerprint density at radius 2 is 2.24 bits per heavy atom. The van der Waals surface area contributed by atoms with E-state index in [9.17, 15) is 4.79 Å². The van der Waals surface area contributed by atoms with Gasteiger partial charge in [0.25, 0.3) is 0 Å². The Morgan fingerprint density at radius 3 is 2.59 bits per heavy atom. The van der Waals surface area contributed by atoms with E-state index in [-0.39, 0.29) is 6.10 Å². The highest BCUT2D eigenvalue weighted by Crippen LogP contribution is 2.00. The van der Waals surface area contributed by atoms with Gasteiger partial charge in [0.05, 0.1) is 11.8 Å². The van der Waals surface area contributed by atoms with Gasteiger partial charge in [0.2, 0.25) is 0 Å². The molecule has 0 aromatic rings. The van der Waals surface area contributed by atoms with Crippen LogP contribution in [0.4, 0.5) is 0 Å². The van der Waals surface area contributed by atoms with Crippen LogP contribution in [-0.4, -0.2) is 55.3 Å². The van der Waals surface area contributed by atoms with Crippen LogP contribution in [-0.2, 0) is 4.79 Å². The van der Waals surface area contributed by atoms with Gasteiger partial charge in [0.15, 0.2) is 0 Å². The zero-order chi connectivity index (χ0) is 13.1. The molecule has 1 aliphatic heterocycles. The number of aliphatic imine (C=N–C) groups is 1. The first kappa shape index (κ1) is 15.6. The van der Waals surface area contributed by atoms with Gasteiger partial charge in [-0.3, -0.25) is 4.99 Å². The van der Waals surface area contributed by atoms with Gasteiger partial charge in [-0.15, -0.1) is 0 Å². The van der Waals surface area contributed by atoms with Crippen molar-refractivity contribution in [2.24, 2.45) is 16.5 Å². The van der Waals surface area contributed by atoms with Crippen molar-refractivity contribution in [2.75, 3.05) is 26.7 Å². The van der Waals surface area contributed by atoms with Crippen LogP contribution in [0.25, 0.3) is 0 Å². The molecular weight excluding hydrogens is 220 g/mol. The summed E-state index contributed by atoms with van der Waals surface area (Å²) in [7, 11) is 1.99. The van der Waals surface area contributed by atoms with E-state index in [1.807, 2.05) is 7.05 Å². The van der Waals surface area contributed by atoms with E-state index in [2.05, 4.69) is 9.89 Å². The monoisotopic (exact) mass is 242 g/mol. The van der Waals surface area contributed by atoms with Gasteiger partial charge in [-0.05, 0) is 13.5 Å². The molecule has 1 heterocycles. The number of carbonyl (C=O) groups excluding carboxylic acids is 1. The van der Waals surface area contributed by atoms with Crippen LogP contribution in [0.3, 0.4) is 0 Å². The second-order valence-corrected chi connectivity index (χ2v) is 3.89. The molecule has 1 aliphatic rings. The minimum Gasteiger partial charge on any atom is -0.403 e. The molecule has 0 aromatic carbocycles. The minimum atomic E-state index is -0.0324. The second-order valence-electron chi connectivity index (χ2n) is 3.89. The number of likely N-dealkylation sites (tertiary alicyclic amines) is 1.